The van der Waals surface area contributed by atoms with Crippen molar-refractivity contribution in [2.45, 2.75) is 17.8 Å². The van der Waals surface area contributed by atoms with E-state index in [1.165, 1.54) is 11.8 Å². The van der Waals surface area contributed by atoms with E-state index in [9.17, 15) is 4.79 Å². The van der Waals surface area contributed by atoms with Crippen molar-refractivity contribution in [2.24, 2.45) is 5.84 Å². The molecule has 2 rings (SSSR count). The van der Waals surface area contributed by atoms with Crippen molar-refractivity contribution >= 4 is 17.7 Å². The van der Waals surface area contributed by atoms with E-state index in [4.69, 9.17) is 10.3 Å². The average molecular weight is 252 g/mol. The molecule has 7 heteroatoms. The second kappa shape index (κ2) is 5.07. The number of aromatic amines is 1. The quantitative estimate of drug-likeness (QED) is 0.329. The third-order valence-corrected chi connectivity index (χ3v) is 3.09. The predicted molar refractivity (Wildman–Crippen MR) is 63.2 cm³/mol. The number of thioether (sulfide) groups is 1. The number of carbonyl (C=O) groups is 1. The van der Waals surface area contributed by atoms with Crippen molar-refractivity contribution in [3.63, 3.8) is 0 Å². The minimum atomic E-state index is -0.347. The van der Waals surface area contributed by atoms with Crippen molar-refractivity contribution in [1.82, 2.24) is 15.4 Å². The largest absolute Gasteiger partial charge is 0.465 e. The van der Waals surface area contributed by atoms with Gasteiger partial charge in [-0.2, -0.15) is 0 Å². The fraction of sp³-hybridized carbons (Fsp3) is 0.200. The smallest absolute Gasteiger partial charge is 0.268 e. The molecule has 0 fully saturated rings. The van der Waals surface area contributed by atoms with Crippen LogP contribution in [0.2, 0.25) is 0 Å². The normalized spacial score (nSPS) is 10.5. The number of amides is 1. The molecule has 0 radical (unpaired) electrons. The van der Waals surface area contributed by atoms with E-state index in [-0.39, 0.29) is 5.91 Å². The van der Waals surface area contributed by atoms with Crippen LogP contribution < -0.4 is 11.3 Å². The van der Waals surface area contributed by atoms with Gasteiger partial charge in [-0.1, -0.05) is 11.8 Å². The number of hydrogen-bond acceptors (Lipinski definition) is 5. The topological polar surface area (TPSA) is 96.9 Å². The minimum absolute atomic E-state index is 0.347. The predicted octanol–water partition coefficient (Wildman–Crippen LogP) is 1.21. The molecule has 0 spiro atoms. The number of H-pyrrole nitrogens is 1. The number of aryl methyl sites for hydroxylation is 1. The molecule has 0 atom stereocenters. The molecule has 90 valence electrons. The van der Waals surface area contributed by atoms with Crippen molar-refractivity contribution < 1.29 is 9.21 Å². The average Bonchev–Trinajstić information content (AvgIpc) is 2.94. The maximum atomic E-state index is 11.4. The zero-order valence-corrected chi connectivity index (χ0v) is 10.0. The highest BCUT2D eigenvalue weighted by Gasteiger charge is 2.14. The van der Waals surface area contributed by atoms with E-state index in [0.717, 1.165) is 5.16 Å². The molecular formula is C10H12N4O2S. The van der Waals surface area contributed by atoms with E-state index < -0.39 is 0 Å². The second-order valence-corrected chi connectivity index (χ2v) is 4.30. The van der Waals surface area contributed by atoms with Gasteiger partial charge in [0.1, 0.15) is 11.5 Å². The summed E-state index contributed by atoms with van der Waals surface area (Å²) in [6.07, 6.45) is 3.44. The van der Waals surface area contributed by atoms with Gasteiger partial charge >= 0.3 is 0 Å². The molecule has 0 aliphatic heterocycles. The fourth-order valence-corrected chi connectivity index (χ4v) is 2.10. The van der Waals surface area contributed by atoms with Crippen molar-refractivity contribution in [3.8, 4) is 0 Å². The first-order chi connectivity index (χ1) is 8.20. The number of nitrogen functional groups attached to an aromatic ring is 1. The Balaban J connectivity index is 2.05. The summed E-state index contributed by atoms with van der Waals surface area (Å²) in [6.45, 7) is 1.73. The summed E-state index contributed by atoms with van der Waals surface area (Å²) in [5.41, 5.74) is 2.54. The first-order valence-corrected chi connectivity index (χ1v) is 5.91. The molecule has 0 saturated carbocycles. The molecule has 0 unspecified atom stereocenters. The van der Waals surface area contributed by atoms with Gasteiger partial charge in [-0.25, -0.2) is 10.8 Å². The Morgan fingerprint density at radius 3 is 3.18 bits per heavy atom. The van der Waals surface area contributed by atoms with Crippen LogP contribution in [0.3, 0.4) is 0 Å². The number of carbonyl (C=O) groups excluding carboxylic acids is 1. The maximum absolute atomic E-state index is 11.4. The molecule has 0 saturated heterocycles. The summed E-state index contributed by atoms with van der Waals surface area (Å²) in [7, 11) is 0. The molecule has 0 bridgehead atoms. The van der Waals surface area contributed by atoms with Gasteiger partial charge in [0, 0.05) is 12.4 Å². The van der Waals surface area contributed by atoms with Crippen LogP contribution in [0.5, 0.6) is 0 Å². The molecule has 2 aromatic heterocycles. The van der Waals surface area contributed by atoms with E-state index in [1.54, 1.807) is 25.4 Å². The number of nitrogens with zero attached hydrogens (tertiary/aromatic N) is 1. The van der Waals surface area contributed by atoms with Gasteiger partial charge in [-0.3, -0.25) is 10.2 Å². The van der Waals surface area contributed by atoms with E-state index in [1.807, 2.05) is 0 Å². The Morgan fingerprint density at radius 1 is 1.71 bits per heavy atom. The lowest BCUT2D eigenvalue weighted by Gasteiger charge is -1.93. The van der Waals surface area contributed by atoms with Crippen LogP contribution in [0.4, 0.5) is 0 Å². The molecule has 0 aromatic carbocycles. The minimum Gasteiger partial charge on any atom is -0.465 e. The second-order valence-electron chi connectivity index (χ2n) is 3.34. The third-order valence-electron chi connectivity index (χ3n) is 2.17. The highest BCUT2D eigenvalue weighted by Crippen LogP contribution is 2.22. The Labute approximate surface area is 102 Å². The van der Waals surface area contributed by atoms with Gasteiger partial charge < -0.3 is 9.40 Å². The number of furan rings is 1. The molecule has 1 amide bonds. The summed E-state index contributed by atoms with van der Waals surface area (Å²) in [5.74, 6) is 6.60. The standard InChI is InChI=1S/C10H12N4O2S/c1-6-8(9(15)14-11)4-7(16-6)5-17-10-12-2-3-13-10/h2-4H,5,11H2,1H3,(H,12,13)(H,14,15). The summed E-state index contributed by atoms with van der Waals surface area (Å²) >= 11 is 1.50. The summed E-state index contributed by atoms with van der Waals surface area (Å²) in [5, 5.41) is 0.809. The zero-order chi connectivity index (χ0) is 12.3. The first-order valence-electron chi connectivity index (χ1n) is 4.93. The maximum Gasteiger partial charge on any atom is 0.268 e. The van der Waals surface area contributed by atoms with Crippen LogP contribution in [0, 0.1) is 6.92 Å². The van der Waals surface area contributed by atoms with E-state index in [0.29, 0.717) is 22.8 Å². The first kappa shape index (κ1) is 11.7. The van der Waals surface area contributed by atoms with Gasteiger partial charge in [0.05, 0.1) is 11.3 Å². The number of nitrogens with one attached hydrogen (secondary N) is 2. The lowest BCUT2D eigenvalue weighted by Crippen LogP contribution is -2.30. The highest BCUT2D eigenvalue weighted by molar-refractivity contribution is 7.98. The number of hydrazine groups is 1. The van der Waals surface area contributed by atoms with Crippen LogP contribution in [0.1, 0.15) is 21.9 Å². The third kappa shape index (κ3) is 2.69. The summed E-state index contributed by atoms with van der Waals surface area (Å²) in [6, 6.07) is 1.69. The van der Waals surface area contributed by atoms with E-state index >= 15 is 0 Å². The Kier molecular flexibility index (Phi) is 3.50. The molecule has 0 aliphatic rings. The lowest BCUT2D eigenvalue weighted by molar-refractivity contribution is 0.0952. The van der Waals surface area contributed by atoms with Crippen molar-refractivity contribution in [3.05, 3.63) is 35.5 Å². The Hall–Kier alpha value is -1.73. The van der Waals surface area contributed by atoms with Crippen molar-refractivity contribution in [1.29, 1.82) is 0 Å². The monoisotopic (exact) mass is 252 g/mol. The van der Waals surface area contributed by atoms with Crippen LogP contribution in [-0.4, -0.2) is 15.9 Å². The Morgan fingerprint density at radius 2 is 2.53 bits per heavy atom. The summed E-state index contributed by atoms with van der Waals surface area (Å²) in [4.78, 5) is 18.4. The Bertz CT molecular complexity index is 506. The molecular weight excluding hydrogens is 240 g/mol. The van der Waals surface area contributed by atoms with Gasteiger partial charge in [0.15, 0.2) is 5.16 Å². The molecule has 2 heterocycles. The van der Waals surface area contributed by atoms with Crippen LogP contribution in [0.15, 0.2) is 28.0 Å². The van der Waals surface area contributed by atoms with Gasteiger partial charge in [0.2, 0.25) is 0 Å². The van der Waals surface area contributed by atoms with Crippen molar-refractivity contribution in [2.75, 3.05) is 0 Å². The van der Waals surface area contributed by atoms with Gasteiger partial charge in [-0.15, -0.1) is 0 Å². The SMILES string of the molecule is Cc1oc(CSc2ncc[nH]2)cc1C(=O)NN. The van der Waals surface area contributed by atoms with Crippen LogP contribution in [-0.2, 0) is 5.75 Å². The molecule has 0 aliphatic carbocycles. The lowest BCUT2D eigenvalue weighted by atomic mass is 10.2. The molecule has 4 N–H and O–H groups in total. The molecule has 6 nitrogen and oxygen atoms in total. The fourth-order valence-electron chi connectivity index (χ4n) is 1.39. The number of imidazole rings is 1. The zero-order valence-electron chi connectivity index (χ0n) is 9.19. The van der Waals surface area contributed by atoms with Gasteiger partial charge in [-0.05, 0) is 13.0 Å². The van der Waals surface area contributed by atoms with Crippen LogP contribution in [0.25, 0.3) is 0 Å². The number of rotatable bonds is 4. The highest BCUT2D eigenvalue weighted by atomic mass is 32.2. The number of nitrogens with two attached hydrogens (primary N) is 1. The van der Waals surface area contributed by atoms with E-state index in [2.05, 4.69) is 15.4 Å². The number of hydrogen-bond donors (Lipinski definition) is 3. The molecule has 2 aromatic rings. The molecule has 17 heavy (non-hydrogen) atoms. The van der Waals surface area contributed by atoms with Gasteiger partial charge in [0.25, 0.3) is 5.91 Å². The van der Waals surface area contributed by atoms with Crippen LogP contribution >= 0.6 is 11.8 Å². The summed E-state index contributed by atoms with van der Waals surface area (Å²) < 4.78 is 5.46. The number of aromatic nitrogens is 2.